The molecule has 1 amide bonds. The van der Waals surface area contributed by atoms with Gasteiger partial charge < -0.3 is 10.2 Å². The number of hydrogen-bond donors (Lipinski definition) is 1. The van der Waals surface area contributed by atoms with Gasteiger partial charge in [-0.3, -0.25) is 4.79 Å². The van der Waals surface area contributed by atoms with Gasteiger partial charge in [-0.05, 0) is 43.6 Å². The quantitative estimate of drug-likeness (QED) is 0.839. The standard InChI is InChI=1S/C16H21F3N2O/c1-2-11(10-21-7-4-8-21)16(22)20-14(15(18)19)12-5-3-6-13(17)9-12/h3,5-6,9,11,14-15H,2,4,7-8,10H2,1H3,(H,20,22)/t11-,14?/m0/s1. The Balaban J connectivity index is 2.04. The summed E-state index contributed by atoms with van der Waals surface area (Å²) in [5.74, 6) is -1.32. The lowest BCUT2D eigenvalue weighted by Crippen LogP contribution is -2.46. The molecule has 1 N–H and O–H groups in total. The lowest BCUT2D eigenvalue weighted by Gasteiger charge is -2.33. The maximum absolute atomic E-state index is 13.2. The zero-order chi connectivity index (χ0) is 16.1. The third-order valence-electron chi connectivity index (χ3n) is 4.05. The molecule has 0 bridgehead atoms. The molecule has 0 spiro atoms. The zero-order valence-electron chi connectivity index (χ0n) is 12.6. The van der Waals surface area contributed by atoms with Crippen LogP contribution in [0.15, 0.2) is 24.3 Å². The van der Waals surface area contributed by atoms with E-state index in [9.17, 15) is 18.0 Å². The average molecular weight is 314 g/mol. The van der Waals surface area contributed by atoms with Crippen LogP contribution in [0.3, 0.4) is 0 Å². The zero-order valence-corrected chi connectivity index (χ0v) is 12.6. The monoisotopic (exact) mass is 314 g/mol. The summed E-state index contributed by atoms with van der Waals surface area (Å²) in [6, 6.07) is 3.51. The molecule has 22 heavy (non-hydrogen) atoms. The van der Waals surface area contributed by atoms with E-state index in [-0.39, 0.29) is 11.5 Å². The Bertz CT molecular complexity index is 506. The fourth-order valence-electron chi connectivity index (χ4n) is 2.54. The molecule has 2 atom stereocenters. The van der Waals surface area contributed by atoms with Crippen molar-refractivity contribution in [1.29, 1.82) is 0 Å². The van der Waals surface area contributed by atoms with Crippen LogP contribution in [0, 0.1) is 11.7 Å². The molecule has 122 valence electrons. The summed E-state index contributed by atoms with van der Waals surface area (Å²) < 4.78 is 39.7. The van der Waals surface area contributed by atoms with Gasteiger partial charge in [-0.15, -0.1) is 0 Å². The van der Waals surface area contributed by atoms with E-state index >= 15 is 0 Å². The van der Waals surface area contributed by atoms with Gasteiger partial charge in [-0.25, -0.2) is 13.2 Å². The highest BCUT2D eigenvalue weighted by molar-refractivity contribution is 5.79. The van der Waals surface area contributed by atoms with E-state index in [1.165, 1.54) is 18.2 Å². The lowest BCUT2D eigenvalue weighted by molar-refractivity contribution is -0.128. The number of carbonyl (C=O) groups is 1. The second-order valence-corrected chi connectivity index (χ2v) is 5.64. The van der Waals surface area contributed by atoms with Gasteiger partial charge >= 0.3 is 0 Å². The molecular weight excluding hydrogens is 293 g/mol. The molecule has 1 aromatic rings. The largest absolute Gasteiger partial charge is 0.343 e. The molecule has 1 aromatic carbocycles. The Morgan fingerprint density at radius 1 is 1.36 bits per heavy atom. The van der Waals surface area contributed by atoms with E-state index in [1.807, 2.05) is 6.92 Å². The fourth-order valence-corrected chi connectivity index (χ4v) is 2.54. The van der Waals surface area contributed by atoms with Crippen molar-refractivity contribution in [2.45, 2.75) is 32.2 Å². The van der Waals surface area contributed by atoms with Crippen molar-refractivity contribution in [2.24, 2.45) is 5.92 Å². The number of hydrogen-bond acceptors (Lipinski definition) is 2. The van der Waals surface area contributed by atoms with Gasteiger partial charge in [0, 0.05) is 6.54 Å². The molecule has 2 rings (SSSR count). The Morgan fingerprint density at radius 3 is 2.59 bits per heavy atom. The van der Waals surface area contributed by atoms with Gasteiger partial charge in [-0.1, -0.05) is 19.1 Å². The van der Waals surface area contributed by atoms with Crippen molar-refractivity contribution in [3.8, 4) is 0 Å². The molecule has 0 radical (unpaired) electrons. The maximum atomic E-state index is 13.2. The van der Waals surface area contributed by atoms with Crippen molar-refractivity contribution in [3.63, 3.8) is 0 Å². The SMILES string of the molecule is CC[C@@H](CN1CCC1)C(=O)NC(c1cccc(F)c1)C(F)F. The van der Waals surface area contributed by atoms with Crippen LogP contribution in [-0.2, 0) is 4.79 Å². The van der Waals surface area contributed by atoms with Crippen molar-refractivity contribution < 1.29 is 18.0 Å². The first kappa shape index (κ1) is 16.8. The number of likely N-dealkylation sites (tertiary alicyclic amines) is 1. The Morgan fingerprint density at radius 2 is 2.09 bits per heavy atom. The molecule has 0 saturated carbocycles. The first-order valence-electron chi connectivity index (χ1n) is 7.57. The van der Waals surface area contributed by atoms with Crippen LogP contribution in [0.5, 0.6) is 0 Å². The summed E-state index contributed by atoms with van der Waals surface area (Å²) in [5, 5.41) is 2.38. The van der Waals surface area contributed by atoms with Gasteiger partial charge in [0.25, 0.3) is 6.43 Å². The maximum Gasteiger partial charge on any atom is 0.262 e. The highest BCUT2D eigenvalue weighted by atomic mass is 19.3. The summed E-state index contributed by atoms with van der Waals surface area (Å²) in [6.07, 6.45) is -1.09. The second kappa shape index (κ2) is 7.63. The third-order valence-corrected chi connectivity index (χ3v) is 4.05. The van der Waals surface area contributed by atoms with Crippen molar-refractivity contribution >= 4 is 5.91 Å². The van der Waals surface area contributed by atoms with E-state index in [0.717, 1.165) is 25.6 Å². The fraction of sp³-hybridized carbons (Fsp3) is 0.562. The summed E-state index contributed by atoms with van der Waals surface area (Å²) in [5.41, 5.74) is 0.0853. The van der Waals surface area contributed by atoms with Crippen LogP contribution in [0.1, 0.15) is 31.4 Å². The van der Waals surface area contributed by atoms with Crippen molar-refractivity contribution in [2.75, 3.05) is 19.6 Å². The Hall–Kier alpha value is -1.56. The van der Waals surface area contributed by atoms with Crippen LogP contribution >= 0.6 is 0 Å². The predicted octanol–water partition coefficient (Wildman–Crippen LogP) is 2.98. The molecule has 6 heteroatoms. The molecule has 3 nitrogen and oxygen atoms in total. The van der Waals surface area contributed by atoms with Crippen LogP contribution in [-0.4, -0.2) is 36.9 Å². The molecule has 1 aliphatic heterocycles. The second-order valence-electron chi connectivity index (χ2n) is 5.64. The van der Waals surface area contributed by atoms with Crippen LogP contribution < -0.4 is 5.32 Å². The highest BCUT2D eigenvalue weighted by Crippen LogP contribution is 2.23. The highest BCUT2D eigenvalue weighted by Gasteiger charge is 2.29. The van der Waals surface area contributed by atoms with E-state index in [1.54, 1.807) is 0 Å². The van der Waals surface area contributed by atoms with Crippen LogP contribution in [0.4, 0.5) is 13.2 Å². The van der Waals surface area contributed by atoms with Crippen molar-refractivity contribution in [3.05, 3.63) is 35.6 Å². The number of benzene rings is 1. The molecule has 1 saturated heterocycles. The number of nitrogens with one attached hydrogen (secondary N) is 1. The Labute approximate surface area is 128 Å². The third kappa shape index (κ3) is 4.22. The Kier molecular flexibility index (Phi) is 5.83. The summed E-state index contributed by atoms with van der Waals surface area (Å²) in [6.45, 7) is 4.35. The average Bonchev–Trinajstić information content (AvgIpc) is 2.43. The summed E-state index contributed by atoms with van der Waals surface area (Å²) >= 11 is 0. The molecule has 1 heterocycles. The normalized spacial score (nSPS) is 17.9. The van der Waals surface area contributed by atoms with E-state index in [2.05, 4.69) is 10.2 Å². The number of alkyl halides is 2. The minimum atomic E-state index is -2.78. The van der Waals surface area contributed by atoms with E-state index in [4.69, 9.17) is 0 Å². The number of carbonyl (C=O) groups excluding carboxylic acids is 1. The van der Waals surface area contributed by atoms with Crippen LogP contribution in [0.25, 0.3) is 0 Å². The van der Waals surface area contributed by atoms with Gasteiger partial charge in [-0.2, -0.15) is 0 Å². The van der Waals surface area contributed by atoms with Crippen LogP contribution in [0.2, 0.25) is 0 Å². The van der Waals surface area contributed by atoms with Gasteiger partial charge in [0.15, 0.2) is 0 Å². The van der Waals surface area contributed by atoms with E-state index in [0.29, 0.717) is 13.0 Å². The molecule has 1 aliphatic rings. The predicted molar refractivity (Wildman–Crippen MR) is 78.1 cm³/mol. The number of nitrogens with zero attached hydrogens (tertiary/aromatic N) is 1. The number of halogens is 3. The number of rotatable bonds is 7. The van der Waals surface area contributed by atoms with Crippen molar-refractivity contribution in [1.82, 2.24) is 10.2 Å². The van der Waals surface area contributed by atoms with Gasteiger partial charge in [0.1, 0.15) is 11.9 Å². The summed E-state index contributed by atoms with van der Waals surface area (Å²) in [7, 11) is 0. The molecule has 1 fully saturated rings. The smallest absolute Gasteiger partial charge is 0.262 e. The topological polar surface area (TPSA) is 32.3 Å². The minimum Gasteiger partial charge on any atom is -0.343 e. The molecular formula is C16H21F3N2O. The minimum absolute atomic E-state index is 0.0853. The van der Waals surface area contributed by atoms with Gasteiger partial charge in [0.05, 0.1) is 5.92 Å². The van der Waals surface area contributed by atoms with E-state index < -0.39 is 24.2 Å². The first-order chi connectivity index (χ1) is 10.5. The molecule has 0 aromatic heterocycles. The van der Waals surface area contributed by atoms with Gasteiger partial charge in [0.2, 0.25) is 5.91 Å². The molecule has 0 aliphatic carbocycles. The lowest BCUT2D eigenvalue weighted by atomic mass is 10.0. The number of amides is 1. The first-order valence-corrected chi connectivity index (χ1v) is 7.57. The summed E-state index contributed by atoms with van der Waals surface area (Å²) in [4.78, 5) is 14.4. The molecule has 1 unspecified atom stereocenters.